The topological polar surface area (TPSA) is 41.1 Å². The molecular formula is C13H24N4S. The van der Waals surface area contributed by atoms with E-state index in [-0.39, 0.29) is 0 Å². The zero-order valence-electron chi connectivity index (χ0n) is 11.6. The largest absolute Gasteiger partial charge is 0.363 e. The molecule has 1 N–H and O–H groups in total. The van der Waals surface area contributed by atoms with Crippen molar-refractivity contribution in [3.05, 3.63) is 5.01 Å². The van der Waals surface area contributed by atoms with Crippen molar-refractivity contribution >= 4 is 16.5 Å². The van der Waals surface area contributed by atoms with Crippen molar-refractivity contribution < 1.29 is 0 Å². The zero-order chi connectivity index (χ0) is 13.0. The molecule has 0 aromatic carbocycles. The van der Waals surface area contributed by atoms with Gasteiger partial charge in [0.2, 0.25) is 5.13 Å². The highest BCUT2D eigenvalue weighted by atomic mass is 32.1. The van der Waals surface area contributed by atoms with Gasteiger partial charge in [-0.25, -0.2) is 0 Å². The molecule has 0 atom stereocenters. The van der Waals surface area contributed by atoms with Crippen LogP contribution in [0.4, 0.5) is 5.13 Å². The number of hydrogen-bond donors (Lipinski definition) is 1. The first kappa shape index (κ1) is 13.7. The van der Waals surface area contributed by atoms with Crippen molar-refractivity contribution in [2.75, 3.05) is 18.9 Å². The van der Waals surface area contributed by atoms with Gasteiger partial charge in [0.1, 0.15) is 5.01 Å². The number of aromatic nitrogens is 2. The maximum Gasteiger partial charge on any atom is 0.205 e. The predicted molar refractivity (Wildman–Crippen MR) is 77.0 cm³/mol. The molecule has 0 radical (unpaired) electrons. The highest BCUT2D eigenvalue weighted by Crippen LogP contribution is 2.26. The molecule has 0 unspecified atom stereocenters. The molecule has 0 bridgehead atoms. The molecule has 0 aliphatic heterocycles. The molecule has 1 aliphatic carbocycles. The van der Waals surface area contributed by atoms with Crippen LogP contribution in [0.15, 0.2) is 0 Å². The number of rotatable bonds is 6. The molecule has 2 rings (SSSR count). The lowest BCUT2D eigenvalue weighted by Crippen LogP contribution is -2.35. The summed E-state index contributed by atoms with van der Waals surface area (Å²) in [6, 6.07) is 0.759. The Bertz CT molecular complexity index is 358. The van der Waals surface area contributed by atoms with E-state index in [0.717, 1.165) is 22.7 Å². The van der Waals surface area contributed by atoms with E-state index in [0.29, 0.717) is 5.92 Å². The lowest BCUT2D eigenvalue weighted by Gasteiger charge is -2.29. The van der Waals surface area contributed by atoms with Gasteiger partial charge in [0, 0.05) is 19.6 Å². The second kappa shape index (κ2) is 6.48. The van der Waals surface area contributed by atoms with Gasteiger partial charge in [-0.1, -0.05) is 38.0 Å². The third kappa shape index (κ3) is 3.65. The molecule has 0 saturated heterocycles. The summed E-state index contributed by atoms with van der Waals surface area (Å²) in [4.78, 5) is 2.61. The Morgan fingerprint density at radius 1 is 1.33 bits per heavy atom. The van der Waals surface area contributed by atoms with Gasteiger partial charge in [0.05, 0.1) is 6.54 Å². The zero-order valence-corrected chi connectivity index (χ0v) is 12.5. The SMILES string of the molecule is CNc1nnc(CN(CC(C)C)C2CCCC2)s1. The Morgan fingerprint density at radius 2 is 2.06 bits per heavy atom. The normalized spacial score (nSPS) is 16.9. The summed E-state index contributed by atoms with van der Waals surface area (Å²) >= 11 is 1.67. The third-order valence-corrected chi connectivity index (χ3v) is 4.39. The fourth-order valence-corrected chi connectivity index (χ4v) is 3.39. The van der Waals surface area contributed by atoms with Crippen LogP contribution < -0.4 is 5.32 Å². The summed E-state index contributed by atoms with van der Waals surface area (Å²) in [7, 11) is 1.90. The van der Waals surface area contributed by atoms with Gasteiger partial charge >= 0.3 is 0 Å². The number of hydrogen-bond acceptors (Lipinski definition) is 5. The molecule has 1 aromatic heterocycles. The lowest BCUT2D eigenvalue weighted by atomic mass is 10.1. The third-order valence-electron chi connectivity index (χ3n) is 3.46. The van der Waals surface area contributed by atoms with Crippen molar-refractivity contribution in [2.24, 2.45) is 5.92 Å². The van der Waals surface area contributed by atoms with Crippen molar-refractivity contribution in [2.45, 2.75) is 52.1 Å². The van der Waals surface area contributed by atoms with E-state index in [2.05, 4.69) is 34.3 Å². The van der Waals surface area contributed by atoms with Gasteiger partial charge in [-0.3, -0.25) is 4.90 Å². The van der Waals surface area contributed by atoms with Crippen LogP contribution in [0.3, 0.4) is 0 Å². The van der Waals surface area contributed by atoms with Gasteiger partial charge in [-0.15, -0.1) is 10.2 Å². The van der Waals surface area contributed by atoms with E-state index in [1.54, 1.807) is 11.3 Å². The average molecular weight is 268 g/mol. The Labute approximate surface area is 114 Å². The van der Waals surface area contributed by atoms with Crippen LogP contribution in [0, 0.1) is 5.92 Å². The summed E-state index contributed by atoms with van der Waals surface area (Å²) in [6.45, 7) is 6.71. The quantitative estimate of drug-likeness (QED) is 0.861. The summed E-state index contributed by atoms with van der Waals surface area (Å²) in [5.74, 6) is 0.710. The van der Waals surface area contributed by atoms with E-state index in [1.165, 1.54) is 32.2 Å². The molecule has 102 valence electrons. The second-order valence-corrected chi connectivity index (χ2v) is 6.57. The van der Waals surface area contributed by atoms with Crippen LogP contribution in [0.2, 0.25) is 0 Å². The van der Waals surface area contributed by atoms with Gasteiger partial charge in [0.15, 0.2) is 0 Å². The van der Waals surface area contributed by atoms with Gasteiger partial charge in [-0.2, -0.15) is 0 Å². The van der Waals surface area contributed by atoms with E-state index in [4.69, 9.17) is 0 Å². The molecule has 1 fully saturated rings. The minimum Gasteiger partial charge on any atom is -0.363 e. The number of nitrogens with one attached hydrogen (secondary N) is 1. The van der Waals surface area contributed by atoms with E-state index < -0.39 is 0 Å². The van der Waals surface area contributed by atoms with Crippen LogP contribution >= 0.6 is 11.3 Å². The van der Waals surface area contributed by atoms with Gasteiger partial charge < -0.3 is 5.32 Å². The summed E-state index contributed by atoms with van der Waals surface area (Å²) in [6.07, 6.45) is 5.48. The molecule has 4 nitrogen and oxygen atoms in total. The highest BCUT2D eigenvalue weighted by Gasteiger charge is 2.24. The molecular weight excluding hydrogens is 244 g/mol. The number of nitrogens with zero attached hydrogens (tertiary/aromatic N) is 3. The maximum absolute atomic E-state index is 4.27. The monoisotopic (exact) mass is 268 g/mol. The molecule has 1 saturated carbocycles. The molecule has 1 aliphatic rings. The molecule has 0 amide bonds. The molecule has 1 heterocycles. The van der Waals surface area contributed by atoms with Crippen molar-refractivity contribution in [1.29, 1.82) is 0 Å². The van der Waals surface area contributed by atoms with E-state index in [1.807, 2.05) is 7.05 Å². The van der Waals surface area contributed by atoms with Crippen molar-refractivity contribution in [3.8, 4) is 0 Å². The molecule has 1 aromatic rings. The first-order chi connectivity index (χ1) is 8.69. The highest BCUT2D eigenvalue weighted by molar-refractivity contribution is 7.15. The van der Waals surface area contributed by atoms with Crippen molar-refractivity contribution in [1.82, 2.24) is 15.1 Å². The van der Waals surface area contributed by atoms with E-state index in [9.17, 15) is 0 Å². The predicted octanol–water partition coefficient (Wildman–Crippen LogP) is 2.98. The molecule has 18 heavy (non-hydrogen) atoms. The maximum atomic E-state index is 4.27. The van der Waals surface area contributed by atoms with Gasteiger partial charge in [-0.05, 0) is 18.8 Å². The summed E-state index contributed by atoms with van der Waals surface area (Å²) in [5.41, 5.74) is 0. The van der Waals surface area contributed by atoms with Crippen LogP contribution in [0.25, 0.3) is 0 Å². The summed E-state index contributed by atoms with van der Waals surface area (Å²) < 4.78 is 0. The van der Waals surface area contributed by atoms with Gasteiger partial charge in [0.25, 0.3) is 0 Å². The second-order valence-electron chi connectivity index (χ2n) is 5.51. The van der Waals surface area contributed by atoms with Crippen LogP contribution in [-0.4, -0.2) is 34.7 Å². The Morgan fingerprint density at radius 3 is 2.61 bits per heavy atom. The van der Waals surface area contributed by atoms with Crippen LogP contribution in [0.1, 0.15) is 44.5 Å². The van der Waals surface area contributed by atoms with Crippen LogP contribution in [-0.2, 0) is 6.54 Å². The molecule has 0 spiro atoms. The Kier molecular flexibility index (Phi) is 4.95. The van der Waals surface area contributed by atoms with Crippen molar-refractivity contribution in [3.63, 3.8) is 0 Å². The standard InChI is InChI=1S/C13H24N4S/c1-10(2)8-17(11-6-4-5-7-11)9-12-15-16-13(14-3)18-12/h10-11H,4-9H2,1-3H3,(H,14,16). The van der Waals surface area contributed by atoms with E-state index >= 15 is 0 Å². The minimum atomic E-state index is 0.710. The summed E-state index contributed by atoms with van der Waals surface area (Å²) in [5, 5.41) is 13.5. The van der Waals surface area contributed by atoms with Crippen LogP contribution in [0.5, 0.6) is 0 Å². The average Bonchev–Trinajstić information content (AvgIpc) is 2.98. The Balaban J connectivity index is 1.99. The number of anilines is 1. The minimum absolute atomic E-state index is 0.710. The Hall–Kier alpha value is -0.680. The molecule has 5 heteroatoms. The first-order valence-electron chi connectivity index (χ1n) is 6.93. The first-order valence-corrected chi connectivity index (χ1v) is 7.75. The fourth-order valence-electron chi connectivity index (χ4n) is 2.67. The fraction of sp³-hybridized carbons (Fsp3) is 0.846. The lowest BCUT2D eigenvalue weighted by molar-refractivity contribution is 0.168. The smallest absolute Gasteiger partial charge is 0.205 e.